The highest BCUT2D eigenvalue weighted by Gasteiger charge is 2.37. The first-order valence-corrected chi connectivity index (χ1v) is 14.3. The maximum atomic E-state index is 11.8. The minimum atomic E-state index is -4.93. The molecule has 18 heteroatoms. The molecule has 1 aliphatic carbocycles. The molecule has 1 amide bonds. The van der Waals surface area contributed by atoms with Gasteiger partial charge in [0.25, 0.3) is 0 Å². The second-order valence-electron chi connectivity index (χ2n) is 9.40. The molecule has 2 fully saturated rings. The second kappa shape index (κ2) is 11.4. The number of phosphoric acid groups is 1. The lowest BCUT2D eigenvalue weighted by molar-refractivity contribution is 0.0874. The smallest absolute Gasteiger partial charge is 0.453 e. The summed E-state index contributed by atoms with van der Waals surface area (Å²) in [5.41, 5.74) is 1.46. The largest absolute Gasteiger partial charge is 0.469 e. The van der Waals surface area contributed by atoms with Crippen molar-refractivity contribution in [3.05, 3.63) is 34.6 Å². The van der Waals surface area contributed by atoms with Crippen molar-refractivity contribution < 1.29 is 28.4 Å². The number of rotatable bonds is 8. The number of imidazole rings is 1. The summed E-state index contributed by atoms with van der Waals surface area (Å²) in [6, 6.07) is 6.62. The van der Waals surface area contributed by atoms with Gasteiger partial charge in [-0.05, 0) is 31.4 Å². The molecule has 0 bridgehead atoms. The van der Waals surface area contributed by atoms with Gasteiger partial charge in [0, 0.05) is 19.1 Å². The highest BCUT2D eigenvalue weighted by molar-refractivity contribution is 7.46. The lowest BCUT2D eigenvalue weighted by atomic mass is 10.0. The fourth-order valence-electron chi connectivity index (χ4n) is 4.44. The maximum absolute atomic E-state index is 11.8. The van der Waals surface area contributed by atoms with Crippen molar-refractivity contribution in [2.24, 2.45) is 0 Å². The first kappa shape index (κ1) is 28.4. The Hall–Kier alpha value is -4.18. The van der Waals surface area contributed by atoms with Gasteiger partial charge in [0.1, 0.15) is 12.2 Å². The topological polar surface area (TPSA) is 223 Å². The van der Waals surface area contributed by atoms with Crippen molar-refractivity contribution in [2.75, 3.05) is 35.7 Å². The van der Waals surface area contributed by atoms with Crippen LogP contribution in [0.5, 0.6) is 0 Å². The normalized spacial score (nSPS) is 18.8. The molecule has 2 unspecified atom stereocenters. The molecule has 2 aliphatic rings. The van der Waals surface area contributed by atoms with Crippen molar-refractivity contribution in [2.45, 2.75) is 37.5 Å². The van der Waals surface area contributed by atoms with E-state index in [4.69, 9.17) is 16.1 Å². The second-order valence-corrected chi connectivity index (χ2v) is 11.0. The molecule has 16 nitrogen and oxygen atoms in total. The standard InChI is InChI=1S/C23H24ClN10O6P/c1-39-23(35)30-15-4-5-33(11-18(15)40-41(36,37)38)17-7-12(8-25)6-16(19(17)24)29-22-31-20(28-13-2-3-13)21-27-10-14(9-26)34(21)32-22/h6-7,10,13,15,18H,2-5,11H2,1H3,(H,30,35)(H2,36,37,38)(H2,28,29,31,32). The number of hydrogen-bond donors (Lipinski definition) is 5. The van der Waals surface area contributed by atoms with E-state index in [1.54, 1.807) is 4.90 Å². The predicted molar refractivity (Wildman–Crippen MR) is 145 cm³/mol. The van der Waals surface area contributed by atoms with Gasteiger partial charge >= 0.3 is 13.9 Å². The molecule has 5 N–H and O–H groups in total. The lowest BCUT2D eigenvalue weighted by Gasteiger charge is -2.39. The van der Waals surface area contributed by atoms with E-state index in [0.717, 1.165) is 12.8 Å². The summed E-state index contributed by atoms with van der Waals surface area (Å²) < 4.78 is 22.6. The third-order valence-corrected chi connectivity index (χ3v) is 7.43. The molecule has 1 aliphatic heterocycles. The Balaban J connectivity index is 1.47. The highest BCUT2D eigenvalue weighted by atomic mass is 35.5. The van der Waals surface area contributed by atoms with Crippen molar-refractivity contribution in [3.8, 4) is 12.1 Å². The summed E-state index contributed by atoms with van der Waals surface area (Å²) in [6.07, 6.45) is 1.66. The van der Waals surface area contributed by atoms with Gasteiger partial charge in [0.2, 0.25) is 5.95 Å². The van der Waals surface area contributed by atoms with Crippen LogP contribution in [0, 0.1) is 22.7 Å². The van der Waals surface area contributed by atoms with E-state index >= 15 is 0 Å². The Labute approximate surface area is 238 Å². The number of piperidine rings is 1. The van der Waals surface area contributed by atoms with Crippen LogP contribution in [0.1, 0.15) is 30.5 Å². The zero-order chi connectivity index (χ0) is 29.3. The molecule has 1 aromatic carbocycles. The van der Waals surface area contributed by atoms with Gasteiger partial charge in [0.15, 0.2) is 17.2 Å². The summed E-state index contributed by atoms with van der Waals surface area (Å²) in [5.74, 6) is 0.513. The van der Waals surface area contributed by atoms with Crippen molar-refractivity contribution in [1.29, 1.82) is 10.5 Å². The van der Waals surface area contributed by atoms with E-state index in [2.05, 4.69) is 41.8 Å². The molecule has 0 spiro atoms. The average molecular weight is 603 g/mol. The number of nitriles is 2. The number of nitrogens with one attached hydrogen (secondary N) is 3. The molecule has 5 rings (SSSR count). The summed E-state index contributed by atoms with van der Waals surface area (Å²) in [7, 11) is -3.75. The van der Waals surface area contributed by atoms with Crippen molar-refractivity contribution in [1.82, 2.24) is 24.9 Å². The molecule has 41 heavy (non-hydrogen) atoms. The van der Waals surface area contributed by atoms with E-state index < -0.39 is 26.1 Å². The number of alkyl carbamates (subject to hydrolysis) is 1. The quantitative estimate of drug-likeness (QED) is 0.233. The van der Waals surface area contributed by atoms with Gasteiger partial charge in [-0.1, -0.05) is 11.6 Å². The monoisotopic (exact) mass is 602 g/mol. The van der Waals surface area contributed by atoms with E-state index in [0.29, 0.717) is 23.7 Å². The number of ether oxygens (including phenoxy) is 1. The van der Waals surface area contributed by atoms with Crippen LogP contribution < -0.4 is 20.9 Å². The summed E-state index contributed by atoms with van der Waals surface area (Å²) in [6.45, 7) is 0.217. The summed E-state index contributed by atoms with van der Waals surface area (Å²) in [5, 5.41) is 32.6. The van der Waals surface area contributed by atoms with Crippen LogP contribution in [0.2, 0.25) is 5.02 Å². The third kappa shape index (κ3) is 6.43. The Morgan fingerprint density at radius 3 is 2.68 bits per heavy atom. The SMILES string of the molecule is COC(=O)NC1CCN(c2cc(C#N)cc(Nc3nc(NC4CC4)c4ncc(C#N)n4n3)c2Cl)CC1OP(=O)(O)O. The van der Waals surface area contributed by atoms with Crippen molar-refractivity contribution >= 4 is 54.3 Å². The number of fused-ring (bicyclic) bond motifs is 1. The number of phosphoric ester groups is 1. The third-order valence-electron chi connectivity index (χ3n) is 6.49. The van der Waals surface area contributed by atoms with Gasteiger partial charge in [0.05, 0.1) is 47.4 Å². The number of amides is 1. The molecule has 1 saturated heterocycles. The van der Waals surface area contributed by atoms with Gasteiger partial charge < -0.3 is 35.4 Å². The molecule has 214 valence electrons. The number of aromatic nitrogens is 4. The molecule has 1 saturated carbocycles. The van der Waals surface area contributed by atoms with Crippen LogP contribution in [0.3, 0.4) is 0 Å². The van der Waals surface area contributed by atoms with Gasteiger partial charge in [-0.3, -0.25) is 4.52 Å². The van der Waals surface area contributed by atoms with E-state index in [1.807, 2.05) is 6.07 Å². The Morgan fingerprint density at radius 1 is 1.24 bits per heavy atom. The zero-order valence-electron chi connectivity index (χ0n) is 21.5. The zero-order valence-corrected chi connectivity index (χ0v) is 23.1. The molecule has 0 radical (unpaired) electrons. The fourth-order valence-corrected chi connectivity index (χ4v) is 5.28. The number of halogens is 1. The first-order chi connectivity index (χ1) is 19.6. The molecular weight excluding hydrogens is 579 g/mol. The Kier molecular flexibility index (Phi) is 7.86. The minimum Gasteiger partial charge on any atom is -0.453 e. The van der Waals surface area contributed by atoms with Crippen LogP contribution >= 0.6 is 19.4 Å². The molecule has 2 aromatic heterocycles. The van der Waals surface area contributed by atoms with Crippen LogP contribution in [0.15, 0.2) is 18.3 Å². The Morgan fingerprint density at radius 2 is 2.02 bits per heavy atom. The van der Waals surface area contributed by atoms with Crippen LogP contribution in [0.4, 0.5) is 27.9 Å². The van der Waals surface area contributed by atoms with Gasteiger partial charge in [-0.25, -0.2) is 14.3 Å². The van der Waals surface area contributed by atoms with E-state index in [-0.39, 0.29) is 46.9 Å². The number of benzene rings is 1. The number of nitrogens with zero attached hydrogens (tertiary/aromatic N) is 7. The van der Waals surface area contributed by atoms with Crippen LogP contribution in [0.25, 0.3) is 5.65 Å². The lowest BCUT2D eigenvalue weighted by Crippen LogP contribution is -2.55. The summed E-state index contributed by atoms with van der Waals surface area (Å²) in [4.78, 5) is 41.2. The number of anilines is 4. The maximum Gasteiger partial charge on any atom is 0.469 e. The van der Waals surface area contributed by atoms with E-state index in [9.17, 15) is 29.7 Å². The first-order valence-electron chi connectivity index (χ1n) is 12.3. The molecular formula is C23H24ClN10O6P. The average Bonchev–Trinajstić information content (AvgIpc) is 3.65. The predicted octanol–water partition coefficient (Wildman–Crippen LogP) is 2.25. The fraction of sp³-hybridized carbons (Fsp3) is 0.391. The van der Waals surface area contributed by atoms with Crippen LogP contribution in [-0.2, 0) is 13.8 Å². The molecule has 2 atom stereocenters. The molecule has 3 aromatic rings. The Bertz CT molecular complexity index is 1630. The summed E-state index contributed by atoms with van der Waals surface area (Å²) >= 11 is 6.79. The number of methoxy groups -OCH3 is 1. The van der Waals surface area contributed by atoms with Gasteiger partial charge in [-0.2, -0.15) is 20.0 Å². The molecule has 3 heterocycles. The number of carbonyl (C=O) groups excluding carboxylic acids is 1. The number of hydrogen-bond acceptors (Lipinski definition) is 12. The number of carbonyl (C=O) groups is 1. The van der Waals surface area contributed by atoms with Crippen LogP contribution in [-0.4, -0.2) is 73.8 Å². The van der Waals surface area contributed by atoms with E-state index in [1.165, 1.54) is 30.0 Å². The highest BCUT2D eigenvalue weighted by Crippen LogP contribution is 2.42. The van der Waals surface area contributed by atoms with Crippen molar-refractivity contribution in [3.63, 3.8) is 0 Å². The van der Waals surface area contributed by atoms with Gasteiger partial charge in [-0.15, -0.1) is 5.10 Å². The minimum absolute atomic E-state index is 0.0771.